The fourth-order valence-electron chi connectivity index (χ4n) is 2.97. The zero-order valence-corrected chi connectivity index (χ0v) is 15.1. The summed E-state index contributed by atoms with van der Waals surface area (Å²) in [4.78, 5) is 27.9. The molecule has 1 aromatic carbocycles. The lowest BCUT2D eigenvalue weighted by Gasteiger charge is -2.22. The molecule has 6 nitrogen and oxygen atoms in total. The smallest absolute Gasteiger partial charge is 0.242 e. The first-order chi connectivity index (χ1) is 12.0. The Bertz CT molecular complexity index is 573. The van der Waals surface area contributed by atoms with E-state index < -0.39 is 6.10 Å². The van der Waals surface area contributed by atoms with Gasteiger partial charge >= 0.3 is 0 Å². The van der Waals surface area contributed by atoms with E-state index >= 15 is 0 Å². The van der Waals surface area contributed by atoms with Crippen molar-refractivity contribution in [1.82, 2.24) is 9.80 Å². The molecule has 1 heterocycles. The van der Waals surface area contributed by atoms with E-state index in [2.05, 4.69) is 6.92 Å². The highest BCUT2D eigenvalue weighted by molar-refractivity contribution is 5.85. The summed E-state index contributed by atoms with van der Waals surface area (Å²) >= 11 is 0. The van der Waals surface area contributed by atoms with Crippen molar-refractivity contribution in [2.24, 2.45) is 0 Å². The molecule has 1 aliphatic heterocycles. The van der Waals surface area contributed by atoms with E-state index in [9.17, 15) is 14.7 Å². The van der Waals surface area contributed by atoms with Gasteiger partial charge in [-0.1, -0.05) is 31.9 Å². The number of aliphatic hydroxyl groups excluding tert-OH is 1. The maximum Gasteiger partial charge on any atom is 0.242 e. The largest absolute Gasteiger partial charge is 0.497 e. The first-order valence-electron chi connectivity index (χ1n) is 8.90. The maximum atomic E-state index is 12.5. The van der Waals surface area contributed by atoms with E-state index in [0.717, 1.165) is 30.6 Å². The van der Waals surface area contributed by atoms with Crippen molar-refractivity contribution in [3.05, 3.63) is 29.8 Å². The summed E-state index contributed by atoms with van der Waals surface area (Å²) in [7, 11) is 1.61. The van der Waals surface area contributed by atoms with Crippen LogP contribution in [0, 0.1) is 0 Å². The lowest BCUT2D eigenvalue weighted by Crippen LogP contribution is -2.39. The molecule has 1 aromatic rings. The molecule has 138 valence electrons. The van der Waals surface area contributed by atoms with Crippen LogP contribution in [0.1, 0.15) is 38.2 Å². The Morgan fingerprint density at radius 1 is 1.24 bits per heavy atom. The SMILES string of the molecule is CCCCCC(=O)N1CC(=O)N(Cc2ccc(OC)cc2)CC(O)C1. The van der Waals surface area contributed by atoms with Crippen LogP contribution in [0.15, 0.2) is 24.3 Å². The summed E-state index contributed by atoms with van der Waals surface area (Å²) < 4.78 is 5.13. The van der Waals surface area contributed by atoms with Gasteiger partial charge in [0.2, 0.25) is 11.8 Å². The van der Waals surface area contributed by atoms with E-state index in [1.54, 1.807) is 12.0 Å². The van der Waals surface area contributed by atoms with Crippen LogP contribution in [0.2, 0.25) is 0 Å². The molecular formula is C19H28N2O4. The Labute approximate surface area is 149 Å². The van der Waals surface area contributed by atoms with Crippen molar-refractivity contribution in [2.45, 2.75) is 45.3 Å². The van der Waals surface area contributed by atoms with Crippen molar-refractivity contribution in [2.75, 3.05) is 26.7 Å². The Morgan fingerprint density at radius 3 is 2.60 bits per heavy atom. The summed E-state index contributed by atoms with van der Waals surface area (Å²) in [6.45, 7) is 3.00. The first-order valence-corrected chi connectivity index (χ1v) is 8.90. The van der Waals surface area contributed by atoms with Gasteiger partial charge in [0, 0.05) is 26.1 Å². The van der Waals surface area contributed by atoms with Gasteiger partial charge in [0.15, 0.2) is 0 Å². The molecule has 1 atom stereocenters. The van der Waals surface area contributed by atoms with Crippen LogP contribution in [-0.4, -0.2) is 59.6 Å². The predicted molar refractivity (Wildman–Crippen MR) is 95.1 cm³/mol. The molecule has 25 heavy (non-hydrogen) atoms. The zero-order valence-electron chi connectivity index (χ0n) is 15.1. The number of ether oxygens (including phenoxy) is 1. The summed E-state index contributed by atoms with van der Waals surface area (Å²) in [5.41, 5.74) is 0.962. The molecule has 1 unspecified atom stereocenters. The second kappa shape index (κ2) is 9.42. The lowest BCUT2D eigenvalue weighted by atomic mass is 10.2. The fourth-order valence-corrected chi connectivity index (χ4v) is 2.97. The fraction of sp³-hybridized carbons (Fsp3) is 0.579. The van der Waals surface area contributed by atoms with Crippen LogP contribution in [-0.2, 0) is 16.1 Å². The van der Waals surface area contributed by atoms with Gasteiger partial charge in [-0.05, 0) is 24.1 Å². The van der Waals surface area contributed by atoms with E-state index in [4.69, 9.17) is 4.74 Å². The number of rotatable bonds is 7. The van der Waals surface area contributed by atoms with Crippen molar-refractivity contribution in [3.8, 4) is 5.75 Å². The van der Waals surface area contributed by atoms with E-state index in [0.29, 0.717) is 13.0 Å². The third kappa shape index (κ3) is 5.74. The molecule has 2 rings (SSSR count). The standard InChI is InChI=1S/C19H28N2O4/c1-3-4-5-6-18(23)21-13-16(22)12-20(19(24)14-21)11-15-7-9-17(25-2)10-8-15/h7-10,16,22H,3-6,11-14H2,1-2H3. The number of unbranched alkanes of at least 4 members (excludes halogenated alkanes) is 2. The number of aliphatic hydroxyl groups is 1. The van der Waals surface area contributed by atoms with E-state index in [1.165, 1.54) is 4.90 Å². The number of β-amino-alcohol motifs (C(OH)–C–C–N with tert-alkyl or cyclic N) is 1. The number of hydrogen-bond donors (Lipinski definition) is 1. The molecule has 0 bridgehead atoms. The number of carbonyl (C=O) groups excluding carboxylic acids is 2. The topological polar surface area (TPSA) is 70.1 Å². The van der Waals surface area contributed by atoms with Crippen LogP contribution < -0.4 is 4.74 Å². The Morgan fingerprint density at radius 2 is 1.96 bits per heavy atom. The minimum atomic E-state index is -0.722. The molecule has 1 fully saturated rings. The van der Waals surface area contributed by atoms with Crippen LogP contribution in [0.25, 0.3) is 0 Å². The van der Waals surface area contributed by atoms with Gasteiger partial charge in [0.25, 0.3) is 0 Å². The summed E-state index contributed by atoms with van der Waals surface area (Å²) in [5.74, 6) is 0.582. The summed E-state index contributed by atoms with van der Waals surface area (Å²) in [6.07, 6.45) is 2.59. The molecule has 2 amide bonds. The predicted octanol–water partition coefficient (Wildman–Crippen LogP) is 1.81. The normalized spacial score (nSPS) is 18.2. The van der Waals surface area contributed by atoms with Gasteiger partial charge in [-0.3, -0.25) is 9.59 Å². The highest BCUT2D eigenvalue weighted by Gasteiger charge is 2.29. The van der Waals surface area contributed by atoms with Crippen LogP contribution in [0.4, 0.5) is 0 Å². The van der Waals surface area contributed by atoms with Gasteiger partial charge in [-0.2, -0.15) is 0 Å². The zero-order chi connectivity index (χ0) is 18.2. The molecule has 1 N–H and O–H groups in total. The molecule has 0 radical (unpaired) electrons. The summed E-state index contributed by atoms with van der Waals surface area (Å²) in [6, 6.07) is 7.49. The van der Waals surface area contributed by atoms with Crippen LogP contribution >= 0.6 is 0 Å². The minimum Gasteiger partial charge on any atom is -0.497 e. The summed E-state index contributed by atoms with van der Waals surface area (Å²) in [5, 5.41) is 10.2. The molecular weight excluding hydrogens is 320 g/mol. The molecule has 0 saturated carbocycles. The highest BCUT2D eigenvalue weighted by atomic mass is 16.5. The number of nitrogens with zero attached hydrogens (tertiary/aromatic N) is 2. The van der Waals surface area contributed by atoms with Crippen molar-refractivity contribution >= 4 is 11.8 Å². The van der Waals surface area contributed by atoms with Gasteiger partial charge in [0.05, 0.1) is 19.8 Å². The number of carbonyl (C=O) groups is 2. The Hall–Kier alpha value is -2.08. The number of methoxy groups -OCH3 is 1. The third-order valence-corrected chi connectivity index (χ3v) is 4.42. The van der Waals surface area contributed by atoms with Gasteiger partial charge in [0.1, 0.15) is 5.75 Å². The van der Waals surface area contributed by atoms with Crippen molar-refractivity contribution < 1.29 is 19.4 Å². The molecule has 1 saturated heterocycles. The number of hydrogen-bond acceptors (Lipinski definition) is 4. The number of benzene rings is 1. The second-order valence-electron chi connectivity index (χ2n) is 6.51. The van der Waals surface area contributed by atoms with Gasteiger partial charge < -0.3 is 19.6 Å². The number of amides is 2. The molecule has 0 spiro atoms. The second-order valence-corrected chi connectivity index (χ2v) is 6.51. The van der Waals surface area contributed by atoms with Crippen molar-refractivity contribution in [3.63, 3.8) is 0 Å². The Kier molecular flexibility index (Phi) is 7.25. The quantitative estimate of drug-likeness (QED) is 0.763. The molecule has 0 aliphatic carbocycles. The van der Waals surface area contributed by atoms with Gasteiger partial charge in [-0.25, -0.2) is 0 Å². The van der Waals surface area contributed by atoms with Gasteiger partial charge in [-0.15, -0.1) is 0 Å². The average molecular weight is 348 g/mol. The lowest BCUT2D eigenvalue weighted by molar-refractivity contribution is -0.139. The maximum absolute atomic E-state index is 12.5. The van der Waals surface area contributed by atoms with Crippen LogP contribution in [0.3, 0.4) is 0 Å². The first kappa shape index (κ1) is 19.2. The average Bonchev–Trinajstić information content (AvgIpc) is 2.74. The van der Waals surface area contributed by atoms with Crippen LogP contribution in [0.5, 0.6) is 5.75 Å². The molecule has 0 aromatic heterocycles. The minimum absolute atomic E-state index is 0.0399. The van der Waals surface area contributed by atoms with E-state index in [-0.39, 0.29) is 31.4 Å². The highest BCUT2D eigenvalue weighted by Crippen LogP contribution is 2.15. The monoisotopic (exact) mass is 348 g/mol. The van der Waals surface area contributed by atoms with Crippen molar-refractivity contribution in [1.29, 1.82) is 0 Å². The Balaban J connectivity index is 1.97. The molecule has 1 aliphatic rings. The third-order valence-electron chi connectivity index (χ3n) is 4.42. The van der Waals surface area contributed by atoms with E-state index in [1.807, 2.05) is 24.3 Å². The molecule has 6 heteroatoms.